The lowest BCUT2D eigenvalue weighted by Gasteiger charge is -2.27. The summed E-state index contributed by atoms with van der Waals surface area (Å²) in [4.78, 5) is 37.9. The Labute approximate surface area is 207 Å². The van der Waals surface area contributed by atoms with Crippen LogP contribution in [-0.2, 0) is 22.6 Å². The first kappa shape index (κ1) is 24.9. The first-order chi connectivity index (χ1) is 16.9. The second-order valence-corrected chi connectivity index (χ2v) is 9.86. The molecule has 0 fully saturated rings. The van der Waals surface area contributed by atoms with E-state index in [2.05, 4.69) is 47.3 Å². The summed E-state index contributed by atoms with van der Waals surface area (Å²) >= 11 is 0. The lowest BCUT2D eigenvalue weighted by atomic mass is 10.1. The molecule has 1 aliphatic heterocycles. The average molecular weight is 476 g/mol. The van der Waals surface area contributed by atoms with Crippen LogP contribution in [0.25, 0.3) is 11.0 Å². The molecule has 0 spiro atoms. The molecule has 186 valence electrons. The van der Waals surface area contributed by atoms with Gasteiger partial charge in [0.2, 0.25) is 11.8 Å². The van der Waals surface area contributed by atoms with Crippen molar-refractivity contribution in [2.75, 3.05) is 31.1 Å². The van der Waals surface area contributed by atoms with Gasteiger partial charge in [-0.2, -0.15) is 0 Å². The van der Waals surface area contributed by atoms with Crippen molar-refractivity contribution in [1.82, 2.24) is 20.2 Å². The van der Waals surface area contributed by atoms with Crippen molar-refractivity contribution in [3.05, 3.63) is 59.4 Å². The lowest BCUT2D eigenvalue weighted by Crippen LogP contribution is -2.39. The number of H-pyrrole nitrogens is 1. The number of carbonyl (C=O) groups is 2. The van der Waals surface area contributed by atoms with Crippen LogP contribution in [0.3, 0.4) is 0 Å². The van der Waals surface area contributed by atoms with E-state index in [0.717, 1.165) is 46.6 Å². The number of rotatable bonds is 5. The molecule has 0 atom stereocenters. The summed E-state index contributed by atoms with van der Waals surface area (Å²) < 4.78 is 0. The van der Waals surface area contributed by atoms with Gasteiger partial charge < -0.3 is 20.1 Å². The second-order valence-electron chi connectivity index (χ2n) is 9.86. The number of amides is 2. The molecule has 0 bridgehead atoms. The highest BCUT2D eigenvalue weighted by Crippen LogP contribution is 2.23. The second kappa shape index (κ2) is 11.5. The molecule has 0 unspecified atom stereocenters. The third-order valence-electron chi connectivity index (χ3n) is 6.49. The van der Waals surface area contributed by atoms with Gasteiger partial charge in [0.05, 0.1) is 11.0 Å². The van der Waals surface area contributed by atoms with E-state index in [1.165, 1.54) is 0 Å². The summed E-state index contributed by atoms with van der Waals surface area (Å²) in [5, 5.41) is 3.48. The highest BCUT2D eigenvalue weighted by atomic mass is 16.2. The Morgan fingerprint density at radius 3 is 2.71 bits per heavy atom. The maximum atomic E-state index is 13.2. The fraction of sp³-hybridized carbons (Fsp3) is 0.464. The maximum Gasteiger partial charge on any atom is 0.227 e. The molecule has 2 heterocycles. The summed E-state index contributed by atoms with van der Waals surface area (Å²) in [6.45, 7) is 9.41. The van der Waals surface area contributed by atoms with Crippen LogP contribution in [0.4, 0.5) is 5.69 Å². The number of carbonyl (C=O) groups excluding carboxylic acids is 2. The number of aryl methyl sites for hydroxylation is 2. The smallest absolute Gasteiger partial charge is 0.227 e. The van der Waals surface area contributed by atoms with E-state index in [0.29, 0.717) is 51.4 Å². The quantitative estimate of drug-likeness (QED) is 0.579. The Morgan fingerprint density at radius 1 is 1.06 bits per heavy atom. The van der Waals surface area contributed by atoms with Crippen LogP contribution in [0.5, 0.6) is 0 Å². The highest BCUT2D eigenvalue weighted by molar-refractivity contribution is 5.94. The predicted molar refractivity (Wildman–Crippen MR) is 140 cm³/mol. The molecule has 0 saturated carbocycles. The van der Waals surface area contributed by atoms with E-state index in [-0.39, 0.29) is 11.8 Å². The maximum absolute atomic E-state index is 13.2. The number of nitrogens with zero attached hydrogens (tertiary/aromatic N) is 3. The molecular weight excluding hydrogens is 438 g/mol. The van der Waals surface area contributed by atoms with Crippen molar-refractivity contribution in [3.8, 4) is 0 Å². The van der Waals surface area contributed by atoms with Crippen LogP contribution in [0.1, 0.15) is 50.1 Å². The van der Waals surface area contributed by atoms with Gasteiger partial charge in [-0.25, -0.2) is 4.98 Å². The van der Waals surface area contributed by atoms with E-state index < -0.39 is 0 Å². The molecule has 7 heteroatoms. The summed E-state index contributed by atoms with van der Waals surface area (Å²) in [6.07, 6.45) is 2.43. The van der Waals surface area contributed by atoms with Crippen LogP contribution in [-0.4, -0.2) is 52.9 Å². The van der Waals surface area contributed by atoms with Gasteiger partial charge in [-0.3, -0.25) is 9.59 Å². The van der Waals surface area contributed by atoms with E-state index >= 15 is 0 Å². The van der Waals surface area contributed by atoms with Gasteiger partial charge in [0.15, 0.2) is 0 Å². The van der Waals surface area contributed by atoms with E-state index in [4.69, 9.17) is 0 Å². The number of para-hydroxylation sites is 1. The van der Waals surface area contributed by atoms with Crippen LogP contribution in [0, 0.1) is 12.8 Å². The minimum absolute atomic E-state index is 0.147. The minimum Gasteiger partial charge on any atom is -0.342 e. The first-order valence-electron chi connectivity index (χ1n) is 12.7. The molecule has 0 saturated heterocycles. The largest absolute Gasteiger partial charge is 0.342 e. The summed E-state index contributed by atoms with van der Waals surface area (Å²) in [7, 11) is 0. The van der Waals surface area contributed by atoms with Crippen molar-refractivity contribution >= 4 is 28.5 Å². The van der Waals surface area contributed by atoms with Crippen LogP contribution < -0.4 is 10.2 Å². The fourth-order valence-corrected chi connectivity index (χ4v) is 4.73. The first-order valence-corrected chi connectivity index (χ1v) is 12.7. The van der Waals surface area contributed by atoms with Gasteiger partial charge in [-0.1, -0.05) is 38.1 Å². The molecule has 2 amide bonds. The zero-order valence-corrected chi connectivity index (χ0v) is 21.1. The van der Waals surface area contributed by atoms with Gasteiger partial charge in [0.1, 0.15) is 5.82 Å². The molecule has 3 aromatic rings. The number of hydrogen-bond donors (Lipinski definition) is 2. The average Bonchev–Trinajstić information content (AvgIpc) is 3.18. The Balaban J connectivity index is 1.42. The fourth-order valence-electron chi connectivity index (χ4n) is 4.73. The molecule has 2 N–H and O–H groups in total. The molecule has 2 aromatic carbocycles. The number of benzene rings is 2. The third kappa shape index (κ3) is 6.48. The molecule has 1 aromatic heterocycles. The Morgan fingerprint density at radius 2 is 1.89 bits per heavy atom. The van der Waals surface area contributed by atoms with E-state index in [9.17, 15) is 9.59 Å². The molecular formula is C28H37N5O2. The summed E-state index contributed by atoms with van der Waals surface area (Å²) in [6, 6.07) is 14.3. The SMILES string of the molecule is Cc1nc2ccc(CCC(=O)N3CCCN(C(=O)CC(C)C)c4ccccc4CNCC3)cc2[nH]1. The monoisotopic (exact) mass is 475 g/mol. The van der Waals surface area contributed by atoms with Crippen LogP contribution >= 0.6 is 0 Å². The standard InChI is InChI=1S/C28H37N5O2/c1-20(2)17-28(35)33-15-6-14-32(16-13-29-19-23-7-4-5-8-26(23)33)27(34)12-10-22-9-11-24-25(18-22)31-21(3)30-24/h4-5,7-9,11,18,20,29H,6,10,12-17,19H2,1-3H3,(H,30,31). The minimum atomic E-state index is 0.147. The Kier molecular flexibility index (Phi) is 8.18. The number of fused-ring (bicyclic) bond motifs is 2. The molecule has 0 radical (unpaired) electrons. The van der Waals surface area contributed by atoms with E-state index in [1.807, 2.05) is 41.0 Å². The van der Waals surface area contributed by atoms with Gasteiger partial charge in [0.25, 0.3) is 0 Å². The van der Waals surface area contributed by atoms with Crippen LogP contribution in [0.15, 0.2) is 42.5 Å². The van der Waals surface area contributed by atoms with Crippen molar-refractivity contribution in [2.45, 2.75) is 53.0 Å². The molecule has 1 aliphatic rings. The normalized spacial score (nSPS) is 15.2. The van der Waals surface area contributed by atoms with Crippen molar-refractivity contribution in [2.24, 2.45) is 5.92 Å². The lowest BCUT2D eigenvalue weighted by molar-refractivity contribution is -0.131. The van der Waals surface area contributed by atoms with Crippen molar-refractivity contribution < 1.29 is 9.59 Å². The van der Waals surface area contributed by atoms with Gasteiger partial charge in [0, 0.05) is 51.3 Å². The van der Waals surface area contributed by atoms with Crippen molar-refractivity contribution in [3.63, 3.8) is 0 Å². The Bertz CT molecular complexity index is 1170. The molecule has 7 nitrogen and oxygen atoms in total. The number of aromatic nitrogens is 2. The number of anilines is 1. The number of aromatic amines is 1. The number of hydrogen-bond acceptors (Lipinski definition) is 4. The number of imidazole rings is 1. The molecule has 35 heavy (non-hydrogen) atoms. The summed E-state index contributed by atoms with van der Waals surface area (Å²) in [5.74, 6) is 1.50. The van der Waals surface area contributed by atoms with Crippen LogP contribution in [0.2, 0.25) is 0 Å². The van der Waals surface area contributed by atoms with Gasteiger partial charge >= 0.3 is 0 Å². The van der Waals surface area contributed by atoms with E-state index in [1.54, 1.807) is 0 Å². The third-order valence-corrected chi connectivity index (χ3v) is 6.49. The zero-order chi connectivity index (χ0) is 24.8. The summed E-state index contributed by atoms with van der Waals surface area (Å²) in [5.41, 5.74) is 5.20. The predicted octanol–water partition coefficient (Wildman–Crippen LogP) is 4.21. The van der Waals surface area contributed by atoms with Gasteiger partial charge in [-0.15, -0.1) is 0 Å². The molecule has 0 aliphatic carbocycles. The van der Waals surface area contributed by atoms with Gasteiger partial charge in [-0.05, 0) is 55.0 Å². The zero-order valence-electron chi connectivity index (χ0n) is 21.1. The van der Waals surface area contributed by atoms with Crippen molar-refractivity contribution in [1.29, 1.82) is 0 Å². The Hall–Kier alpha value is -3.19. The highest BCUT2D eigenvalue weighted by Gasteiger charge is 2.21. The molecule has 4 rings (SSSR count). The topological polar surface area (TPSA) is 81.3 Å². The number of nitrogens with one attached hydrogen (secondary N) is 2.